The Morgan fingerprint density at radius 3 is 2.81 bits per heavy atom. The number of ether oxygens (including phenoxy) is 2. The summed E-state index contributed by atoms with van der Waals surface area (Å²) in [6, 6.07) is 6.60. The summed E-state index contributed by atoms with van der Waals surface area (Å²) in [7, 11) is 1.39. The minimum Gasteiger partial charge on any atom is -0.469 e. The fourth-order valence-corrected chi connectivity index (χ4v) is 4.45. The summed E-state index contributed by atoms with van der Waals surface area (Å²) in [4.78, 5) is 22.8. The van der Waals surface area contributed by atoms with Gasteiger partial charge >= 0.3 is 5.97 Å². The van der Waals surface area contributed by atoms with E-state index in [0.29, 0.717) is 13.0 Å². The number of carbonyl (C=O) groups excluding carboxylic acids is 2. The van der Waals surface area contributed by atoms with Crippen LogP contribution in [0.2, 0.25) is 0 Å². The van der Waals surface area contributed by atoms with E-state index < -0.39 is 0 Å². The molecule has 3 rings (SSSR count). The Labute approximate surface area is 153 Å². The number of unbranched alkanes of at least 4 members (excludes halogenated alkanes) is 1. The molecule has 0 N–H and O–H groups in total. The molecule has 140 valence electrons. The third-order valence-corrected chi connectivity index (χ3v) is 5.84. The van der Waals surface area contributed by atoms with Gasteiger partial charge in [0.05, 0.1) is 19.8 Å². The molecule has 2 fully saturated rings. The molecule has 0 aromatic heterocycles. The van der Waals surface area contributed by atoms with Gasteiger partial charge in [0.25, 0.3) is 0 Å². The van der Waals surface area contributed by atoms with Crippen LogP contribution in [0, 0.1) is 17.7 Å². The summed E-state index contributed by atoms with van der Waals surface area (Å²) in [5.74, 6) is -0.429. The highest BCUT2D eigenvalue weighted by Crippen LogP contribution is 2.55. The lowest BCUT2D eigenvalue weighted by Gasteiger charge is -2.37. The van der Waals surface area contributed by atoms with E-state index in [0.717, 1.165) is 37.5 Å². The second-order valence-corrected chi connectivity index (χ2v) is 7.21. The van der Waals surface area contributed by atoms with E-state index in [1.807, 2.05) is 12.1 Å². The number of fused-ring (bicyclic) bond motifs is 2. The summed E-state index contributed by atoms with van der Waals surface area (Å²) in [6.07, 6.45) is 8.69. The molecule has 4 atom stereocenters. The van der Waals surface area contributed by atoms with E-state index in [4.69, 9.17) is 4.74 Å². The van der Waals surface area contributed by atoms with Gasteiger partial charge in [-0.25, -0.2) is 4.39 Å². The summed E-state index contributed by atoms with van der Waals surface area (Å²) < 4.78 is 23.8. The van der Waals surface area contributed by atoms with Crippen molar-refractivity contribution in [2.24, 2.45) is 11.8 Å². The van der Waals surface area contributed by atoms with E-state index in [-0.39, 0.29) is 35.1 Å². The van der Waals surface area contributed by atoms with E-state index in [2.05, 4.69) is 16.9 Å². The van der Waals surface area contributed by atoms with Gasteiger partial charge in [0.15, 0.2) is 0 Å². The molecular weight excluding hydrogens is 335 g/mol. The normalized spacial score (nSPS) is 30.0. The Hall–Kier alpha value is -2.01. The summed E-state index contributed by atoms with van der Waals surface area (Å²) >= 11 is 0. The number of aldehydes is 1. The smallest absolute Gasteiger partial charge is 0.305 e. The first kappa shape index (κ1) is 18.8. The second-order valence-electron chi connectivity index (χ2n) is 7.21. The number of allylic oxidation sites excluding steroid dienone is 2. The van der Waals surface area contributed by atoms with Crippen molar-refractivity contribution >= 4 is 12.3 Å². The summed E-state index contributed by atoms with van der Waals surface area (Å²) in [6.45, 7) is 0.578. The van der Waals surface area contributed by atoms with Crippen LogP contribution >= 0.6 is 0 Å². The Morgan fingerprint density at radius 1 is 1.35 bits per heavy atom. The maximum atomic E-state index is 13.3. The number of esters is 1. The van der Waals surface area contributed by atoms with Gasteiger partial charge in [-0.2, -0.15) is 0 Å². The lowest BCUT2D eigenvalue weighted by Crippen LogP contribution is -2.40. The van der Waals surface area contributed by atoms with Crippen LogP contribution < -0.4 is 0 Å². The van der Waals surface area contributed by atoms with Crippen LogP contribution in [-0.4, -0.2) is 32.1 Å². The number of hydrogen-bond acceptors (Lipinski definition) is 4. The van der Waals surface area contributed by atoms with Gasteiger partial charge in [-0.15, -0.1) is 0 Å². The van der Waals surface area contributed by atoms with E-state index >= 15 is 0 Å². The first-order chi connectivity index (χ1) is 12.6. The third-order valence-electron chi connectivity index (χ3n) is 5.84. The molecular formula is C21H25FO4. The van der Waals surface area contributed by atoms with E-state index in [1.54, 1.807) is 0 Å². The number of hydrogen-bond donors (Lipinski definition) is 0. The first-order valence-electron chi connectivity index (χ1n) is 9.15. The SMILES string of the molecule is COC(=O)CCC/C=C\C[C@H]1[C@H](C=O)[C@@H]2C[C@@]1(c1ccc(F)cc1)CO2. The molecule has 2 aliphatic rings. The lowest BCUT2D eigenvalue weighted by atomic mass is 9.69. The topological polar surface area (TPSA) is 52.6 Å². The monoisotopic (exact) mass is 360 g/mol. The van der Waals surface area contributed by atoms with Crippen molar-refractivity contribution in [3.63, 3.8) is 0 Å². The molecule has 26 heavy (non-hydrogen) atoms. The first-order valence-corrected chi connectivity index (χ1v) is 9.15. The van der Waals surface area contributed by atoms with Crippen molar-refractivity contribution in [2.75, 3.05) is 13.7 Å². The van der Waals surface area contributed by atoms with Crippen molar-refractivity contribution < 1.29 is 23.5 Å². The number of halogens is 1. The largest absolute Gasteiger partial charge is 0.469 e. The molecule has 1 aromatic carbocycles. The highest BCUT2D eigenvalue weighted by molar-refractivity contribution is 5.69. The van der Waals surface area contributed by atoms with Gasteiger partial charge in [0, 0.05) is 17.8 Å². The third kappa shape index (κ3) is 3.58. The Kier molecular flexibility index (Phi) is 5.87. The maximum absolute atomic E-state index is 13.3. The van der Waals surface area contributed by atoms with Gasteiger partial charge in [0.1, 0.15) is 12.1 Å². The van der Waals surface area contributed by atoms with Crippen LogP contribution in [0.1, 0.15) is 37.7 Å². The number of methoxy groups -OCH3 is 1. The van der Waals surface area contributed by atoms with Crippen molar-refractivity contribution in [1.29, 1.82) is 0 Å². The average molecular weight is 360 g/mol. The summed E-state index contributed by atoms with van der Waals surface area (Å²) in [5, 5.41) is 0. The molecule has 1 aliphatic heterocycles. The predicted molar refractivity (Wildman–Crippen MR) is 95.1 cm³/mol. The van der Waals surface area contributed by atoms with Gasteiger partial charge in [-0.3, -0.25) is 4.79 Å². The molecule has 4 nitrogen and oxygen atoms in total. The maximum Gasteiger partial charge on any atom is 0.305 e. The quantitative estimate of drug-likeness (QED) is 0.308. The van der Waals surface area contributed by atoms with Gasteiger partial charge in [-0.05, 0) is 49.3 Å². The van der Waals surface area contributed by atoms with Crippen molar-refractivity contribution in [2.45, 2.75) is 43.6 Å². The van der Waals surface area contributed by atoms with Crippen molar-refractivity contribution in [3.05, 3.63) is 47.8 Å². The molecule has 0 spiro atoms. The zero-order chi connectivity index (χ0) is 18.6. The van der Waals surface area contributed by atoms with Crippen molar-refractivity contribution in [1.82, 2.24) is 0 Å². The number of carbonyl (C=O) groups is 2. The zero-order valence-corrected chi connectivity index (χ0v) is 15.0. The Balaban J connectivity index is 1.68. The second kappa shape index (κ2) is 8.12. The molecule has 0 unspecified atom stereocenters. The fraction of sp³-hybridized carbons (Fsp3) is 0.524. The molecule has 1 saturated carbocycles. The minimum absolute atomic E-state index is 0.0460. The molecule has 5 heteroatoms. The standard InChI is InChI=1S/C21H25FO4/c1-25-20(24)7-5-3-2-4-6-18-17(13-23)19-12-21(18,14-26-19)15-8-10-16(22)11-9-15/h2,4,8-11,13,17-19H,3,5-7,12,14H2,1H3/b4-2-/t17-,18-,19-,21-/m0/s1. The molecule has 1 aliphatic carbocycles. The molecule has 2 bridgehead atoms. The predicted octanol–water partition coefficient (Wildman–Crippen LogP) is 3.59. The van der Waals surface area contributed by atoms with E-state index in [9.17, 15) is 14.0 Å². The average Bonchev–Trinajstić information content (AvgIpc) is 3.22. The number of benzene rings is 1. The molecule has 0 radical (unpaired) electrons. The van der Waals surface area contributed by atoms with Crippen LogP contribution in [0.5, 0.6) is 0 Å². The Bertz CT molecular complexity index is 669. The molecule has 1 aromatic rings. The lowest BCUT2D eigenvalue weighted by molar-refractivity contribution is -0.140. The highest BCUT2D eigenvalue weighted by Gasteiger charge is 2.59. The molecule has 0 amide bonds. The fourth-order valence-electron chi connectivity index (χ4n) is 4.45. The van der Waals surface area contributed by atoms with Crippen LogP contribution in [0.25, 0.3) is 0 Å². The van der Waals surface area contributed by atoms with Crippen LogP contribution in [0.3, 0.4) is 0 Å². The van der Waals surface area contributed by atoms with Crippen LogP contribution in [0.4, 0.5) is 4.39 Å². The number of rotatable bonds is 8. The van der Waals surface area contributed by atoms with Gasteiger partial charge in [-0.1, -0.05) is 24.3 Å². The van der Waals surface area contributed by atoms with Crippen LogP contribution in [0.15, 0.2) is 36.4 Å². The van der Waals surface area contributed by atoms with Crippen molar-refractivity contribution in [3.8, 4) is 0 Å². The summed E-state index contributed by atoms with van der Waals surface area (Å²) in [5.41, 5.74) is 0.829. The molecule has 1 heterocycles. The van der Waals surface area contributed by atoms with Crippen LogP contribution in [-0.2, 0) is 24.5 Å². The van der Waals surface area contributed by atoms with E-state index in [1.165, 1.54) is 19.2 Å². The van der Waals surface area contributed by atoms with Gasteiger partial charge in [0.2, 0.25) is 0 Å². The van der Waals surface area contributed by atoms with Gasteiger partial charge < -0.3 is 14.3 Å². The zero-order valence-electron chi connectivity index (χ0n) is 15.0. The Morgan fingerprint density at radius 2 is 2.12 bits per heavy atom. The molecule has 1 saturated heterocycles. The minimum atomic E-state index is -0.257. The highest BCUT2D eigenvalue weighted by atomic mass is 19.1.